The van der Waals surface area contributed by atoms with Gasteiger partial charge in [0.2, 0.25) is 0 Å². The van der Waals surface area contributed by atoms with E-state index in [1.807, 2.05) is 0 Å². The lowest BCUT2D eigenvalue weighted by Crippen LogP contribution is -2.57. The highest BCUT2D eigenvalue weighted by Crippen LogP contribution is 2.28. The normalized spacial score (nSPS) is 21.3. The van der Waals surface area contributed by atoms with Gasteiger partial charge in [-0.25, -0.2) is 0 Å². The Hall–Kier alpha value is -0.0800. The molecule has 114 valence electrons. The monoisotopic (exact) mass is 268 g/mol. The molecule has 2 N–H and O–H groups in total. The largest absolute Gasteiger partial charge is 0.326 e. The van der Waals surface area contributed by atoms with Crippen LogP contribution in [0.5, 0.6) is 0 Å². The minimum Gasteiger partial charge on any atom is -0.326 e. The van der Waals surface area contributed by atoms with Crippen molar-refractivity contribution in [2.75, 3.05) is 13.1 Å². The van der Waals surface area contributed by atoms with Crippen LogP contribution in [-0.4, -0.2) is 29.6 Å². The first-order chi connectivity index (χ1) is 9.02. The van der Waals surface area contributed by atoms with E-state index in [4.69, 9.17) is 5.73 Å². The molecule has 0 amide bonds. The average Bonchev–Trinajstić information content (AvgIpc) is 2.44. The molecule has 1 heterocycles. The molecule has 0 radical (unpaired) electrons. The average molecular weight is 268 g/mol. The molecule has 0 bridgehead atoms. The molecule has 0 saturated carbocycles. The van der Waals surface area contributed by atoms with Crippen LogP contribution in [0.2, 0.25) is 0 Å². The molecule has 2 atom stereocenters. The molecular weight excluding hydrogens is 232 g/mol. The van der Waals surface area contributed by atoms with Gasteiger partial charge in [0.25, 0.3) is 0 Å². The summed E-state index contributed by atoms with van der Waals surface area (Å²) in [5.74, 6) is 0.819. The predicted octanol–water partition coefficient (Wildman–Crippen LogP) is 4.18. The first-order valence-electron chi connectivity index (χ1n) is 8.53. The third-order valence-corrected chi connectivity index (χ3v) is 5.21. The Morgan fingerprint density at radius 1 is 1.11 bits per heavy atom. The van der Waals surface area contributed by atoms with Crippen molar-refractivity contribution in [2.45, 2.75) is 90.6 Å². The number of hydrogen-bond donors (Lipinski definition) is 1. The summed E-state index contributed by atoms with van der Waals surface area (Å²) < 4.78 is 0. The fourth-order valence-electron chi connectivity index (χ4n) is 3.33. The fourth-order valence-corrected chi connectivity index (χ4v) is 3.33. The van der Waals surface area contributed by atoms with Crippen molar-refractivity contribution >= 4 is 0 Å². The number of piperidine rings is 1. The molecule has 19 heavy (non-hydrogen) atoms. The van der Waals surface area contributed by atoms with Crippen LogP contribution >= 0.6 is 0 Å². The Bertz CT molecular complexity index is 231. The van der Waals surface area contributed by atoms with Gasteiger partial charge >= 0.3 is 0 Å². The zero-order chi connectivity index (χ0) is 14.3. The van der Waals surface area contributed by atoms with E-state index in [9.17, 15) is 0 Å². The number of likely N-dealkylation sites (tertiary alicyclic amines) is 1. The Morgan fingerprint density at radius 3 is 2.26 bits per heavy atom. The maximum absolute atomic E-state index is 6.59. The van der Waals surface area contributed by atoms with E-state index in [1.165, 1.54) is 64.5 Å². The molecule has 2 nitrogen and oxygen atoms in total. The zero-order valence-corrected chi connectivity index (χ0v) is 13.8. The number of rotatable bonds is 8. The van der Waals surface area contributed by atoms with Crippen LogP contribution in [0, 0.1) is 5.92 Å². The van der Waals surface area contributed by atoms with E-state index in [0.29, 0.717) is 6.04 Å². The molecule has 1 aliphatic rings. The van der Waals surface area contributed by atoms with Gasteiger partial charge in [-0.05, 0) is 52.1 Å². The molecule has 2 unspecified atom stereocenters. The molecule has 0 aromatic heterocycles. The topological polar surface area (TPSA) is 29.3 Å². The molecule has 1 fully saturated rings. The van der Waals surface area contributed by atoms with Crippen molar-refractivity contribution in [3.63, 3.8) is 0 Å². The van der Waals surface area contributed by atoms with E-state index in [2.05, 4.69) is 32.6 Å². The van der Waals surface area contributed by atoms with Crippen LogP contribution in [0.25, 0.3) is 0 Å². The number of unbranched alkanes of at least 4 members (excludes halogenated alkanes) is 1. The Balaban J connectivity index is 2.50. The van der Waals surface area contributed by atoms with E-state index in [1.54, 1.807) is 0 Å². The maximum Gasteiger partial charge on any atom is 0.0304 e. The molecule has 0 aromatic rings. The van der Waals surface area contributed by atoms with Crippen LogP contribution in [0.1, 0.15) is 79.1 Å². The summed E-state index contributed by atoms with van der Waals surface area (Å²) in [6, 6.07) is 0.312. The highest BCUT2D eigenvalue weighted by molar-refractivity contribution is 4.93. The molecule has 0 spiro atoms. The van der Waals surface area contributed by atoms with Crippen molar-refractivity contribution in [1.29, 1.82) is 0 Å². The second-order valence-corrected chi connectivity index (χ2v) is 6.96. The van der Waals surface area contributed by atoms with Gasteiger partial charge in [0.15, 0.2) is 0 Å². The number of nitrogens with zero attached hydrogens (tertiary/aromatic N) is 1. The van der Waals surface area contributed by atoms with E-state index < -0.39 is 0 Å². The third kappa shape index (κ3) is 5.07. The molecule has 1 saturated heterocycles. The van der Waals surface area contributed by atoms with E-state index >= 15 is 0 Å². The smallest absolute Gasteiger partial charge is 0.0304 e. The van der Waals surface area contributed by atoms with Crippen LogP contribution in [0.3, 0.4) is 0 Å². The lowest BCUT2D eigenvalue weighted by molar-refractivity contribution is 0.0645. The van der Waals surface area contributed by atoms with Gasteiger partial charge in [0.05, 0.1) is 0 Å². The minimum absolute atomic E-state index is 0.167. The quantitative estimate of drug-likeness (QED) is 0.715. The van der Waals surface area contributed by atoms with Crippen molar-refractivity contribution < 1.29 is 0 Å². The molecule has 1 rings (SSSR count). The Labute approximate surface area is 121 Å². The maximum atomic E-state index is 6.59. The molecule has 2 heteroatoms. The number of nitrogens with two attached hydrogens (primary N) is 1. The zero-order valence-electron chi connectivity index (χ0n) is 13.8. The van der Waals surface area contributed by atoms with Crippen molar-refractivity contribution in [3.8, 4) is 0 Å². The van der Waals surface area contributed by atoms with Crippen LogP contribution < -0.4 is 5.73 Å². The Kier molecular flexibility index (Phi) is 7.38. The second-order valence-electron chi connectivity index (χ2n) is 6.96. The first kappa shape index (κ1) is 17.0. The molecule has 0 aromatic carbocycles. The summed E-state index contributed by atoms with van der Waals surface area (Å²) in [6.07, 6.45) is 10.6. The summed E-state index contributed by atoms with van der Waals surface area (Å²) in [7, 11) is 0. The van der Waals surface area contributed by atoms with Crippen molar-refractivity contribution in [2.24, 2.45) is 11.7 Å². The van der Waals surface area contributed by atoms with Crippen LogP contribution in [-0.2, 0) is 0 Å². The predicted molar refractivity (Wildman–Crippen MR) is 85.4 cm³/mol. The third-order valence-electron chi connectivity index (χ3n) is 5.21. The van der Waals surface area contributed by atoms with E-state index in [-0.39, 0.29) is 5.54 Å². The molecule has 1 aliphatic heterocycles. The Morgan fingerprint density at radius 2 is 1.74 bits per heavy atom. The highest BCUT2D eigenvalue weighted by atomic mass is 15.2. The summed E-state index contributed by atoms with van der Waals surface area (Å²) >= 11 is 0. The second kappa shape index (κ2) is 8.26. The minimum atomic E-state index is 0.167. The standard InChI is InChI=1S/C17H36N2/c1-5-7-11-15(6-2)14-16(18)17(3,4)19-12-9-8-10-13-19/h15-16H,5-14,18H2,1-4H3. The molecule has 0 aliphatic carbocycles. The van der Waals surface area contributed by atoms with Crippen LogP contribution in [0.15, 0.2) is 0 Å². The summed E-state index contributed by atoms with van der Waals surface area (Å²) in [6.45, 7) is 11.8. The van der Waals surface area contributed by atoms with Gasteiger partial charge in [-0.1, -0.05) is 46.0 Å². The van der Waals surface area contributed by atoms with E-state index in [0.717, 1.165) is 5.92 Å². The van der Waals surface area contributed by atoms with Gasteiger partial charge in [-0.3, -0.25) is 4.90 Å². The summed E-state index contributed by atoms with van der Waals surface area (Å²) in [5, 5.41) is 0. The van der Waals surface area contributed by atoms with Gasteiger partial charge in [-0.2, -0.15) is 0 Å². The lowest BCUT2D eigenvalue weighted by Gasteiger charge is -2.45. The fraction of sp³-hybridized carbons (Fsp3) is 1.00. The molecular formula is C17H36N2. The van der Waals surface area contributed by atoms with Gasteiger partial charge in [-0.15, -0.1) is 0 Å². The highest BCUT2D eigenvalue weighted by Gasteiger charge is 2.34. The first-order valence-corrected chi connectivity index (χ1v) is 8.53. The van der Waals surface area contributed by atoms with Crippen molar-refractivity contribution in [3.05, 3.63) is 0 Å². The SMILES string of the molecule is CCCCC(CC)CC(N)C(C)(C)N1CCCCC1. The summed E-state index contributed by atoms with van der Waals surface area (Å²) in [5.41, 5.74) is 6.76. The number of hydrogen-bond acceptors (Lipinski definition) is 2. The van der Waals surface area contributed by atoms with Crippen LogP contribution in [0.4, 0.5) is 0 Å². The van der Waals surface area contributed by atoms with Gasteiger partial charge < -0.3 is 5.73 Å². The lowest BCUT2D eigenvalue weighted by atomic mass is 9.82. The van der Waals surface area contributed by atoms with Crippen molar-refractivity contribution in [1.82, 2.24) is 4.90 Å². The summed E-state index contributed by atoms with van der Waals surface area (Å²) in [4.78, 5) is 2.63. The van der Waals surface area contributed by atoms with Gasteiger partial charge in [0, 0.05) is 11.6 Å². The van der Waals surface area contributed by atoms with Gasteiger partial charge in [0.1, 0.15) is 0 Å².